The zero-order valence-electron chi connectivity index (χ0n) is 10.7. The molecular formula is C14H24O3S. The van der Waals surface area contributed by atoms with Crippen LogP contribution in [0.4, 0.5) is 0 Å². The van der Waals surface area contributed by atoms with E-state index in [9.17, 15) is 4.79 Å². The van der Waals surface area contributed by atoms with Crippen LogP contribution in [0.5, 0.6) is 0 Å². The van der Waals surface area contributed by atoms with Gasteiger partial charge in [-0.05, 0) is 26.5 Å². The predicted octanol–water partition coefficient (Wildman–Crippen LogP) is 2.76. The van der Waals surface area contributed by atoms with Gasteiger partial charge in [0, 0.05) is 16.9 Å². The van der Waals surface area contributed by atoms with Gasteiger partial charge in [-0.3, -0.25) is 4.79 Å². The predicted molar refractivity (Wildman–Crippen MR) is 78.4 cm³/mol. The molecule has 1 saturated heterocycles. The van der Waals surface area contributed by atoms with Crippen molar-refractivity contribution in [1.82, 2.24) is 0 Å². The third-order valence-electron chi connectivity index (χ3n) is 3.52. The summed E-state index contributed by atoms with van der Waals surface area (Å²) in [6.45, 7) is 6.47. The summed E-state index contributed by atoms with van der Waals surface area (Å²) < 4.78 is 11.7. The first-order valence-electron chi connectivity index (χ1n) is 6.02. The van der Waals surface area contributed by atoms with Gasteiger partial charge in [-0.2, -0.15) is 10.5 Å². The second kappa shape index (κ2) is 6.13. The van der Waals surface area contributed by atoms with Crippen LogP contribution in [-0.4, -0.2) is 42.3 Å². The number of allylic oxidation sites excluding steroid dienone is 1. The Morgan fingerprint density at radius 1 is 1.33 bits per heavy atom. The second-order valence-electron chi connectivity index (χ2n) is 4.73. The number of carbonyl (C=O) groups excluding carboxylic acids is 1. The van der Waals surface area contributed by atoms with E-state index >= 15 is 0 Å². The van der Waals surface area contributed by atoms with Crippen molar-refractivity contribution in [2.75, 3.05) is 12.4 Å². The minimum absolute atomic E-state index is 0. The standard InChI is InChI=1S/C13H20O3S.CH4/c1-8-11(14)5-6-17(4)13(8)12-7-15-9(2)10(3)16-12;/h9-10,12H,4-7H2,1-3H3;1H4. The Morgan fingerprint density at radius 3 is 2.61 bits per heavy atom. The summed E-state index contributed by atoms with van der Waals surface area (Å²) in [5, 5.41) is 0. The summed E-state index contributed by atoms with van der Waals surface area (Å²) in [6, 6.07) is 0. The maximum Gasteiger partial charge on any atom is 0.160 e. The third-order valence-corrected chi connectivity index (χ3v) is 5.41. The van der Waals surface area contributed by atoms with Crippen molar-refractivity contribution in [1.29, 1.82) is 0 Å². The average molecular weight is 272 g/mol. The average Bonchev–Trinajstić information content (AvgIpc) is 2.29. The van der Waals surface area contributed by atoms with Gasteiger partial charge in [0.1, 0.15) is 6.10 Å². The normalized spacial score (nSPS) is 37.4. The van der Waals surface area contributed by atoms with Crippen LogP contribution in [0.15, 0.2) is 10.5 Å². The summed E-state index contributed by atoms with van der Waals surface area (Å²) in [7, 11) is -0.0987. The molecule has 104 valence electrons. The van der Waals surface area contributed by atoms with Gasteiger partial charge >= 0.3 is 0 Å². The topological polar surface area (TPSA) is 35.5 Å². The van der Waals surface area contributed by atoms with Crippen molar-refractivity contribution in [3.63, 3.8) is 0 Å². The zero-order chi connectivity index (χ0) is 12.6. The zero-order valence-corrected chi connectivity index (χ0v) is 11.5. The Labute approximate surface area is 112 Å². The molecular weight excluding hydrogens is 248 g/mol. The fourth-order valence-electron chi connectivity index (χ4n) is 2.22. The van der Waals surface area contributed by atoms with Gasteiger partial charge in [0.05, 0.1) is 18.8 Å². The van der Waals surface area contributed by atoms with E-state index in [4.69, 9.17) is 9.47 Å². The van der Waals surface area contributed by atoms with Crippen molar-refractivity contribution in [2.24, 2.45) is 0 Å². The van der Waals surface area contributed by atoms with Gasteiger partial charge in [-0.1, -0.05) is 13.3 Å². The molecule has 2 rings (SSSR count). The molecule has 0 spiro atoms. The molecule has 18 heavy (non-hydrogen) atoms. The molecule has 0 bridgehead atoms. The molecule has 0 radical (unpaired) electrons. The van der Waals surface area contributed by atoms with Gasteiger partial charge in [-0.25, -0.2) is 0 Å². The molecule has 2 heterocycles. The highest BCUT2D eigenvalue weighted by atomic mass is 32.2. The van der Waals surface area contributed by atoms with E-state index in [1.165, 1.54) is 0 Å². The maximum atomic E-state index is 11.8. The molecule has 0 aromatic heterocycles. The van der Waals surface area contributed by atoms with Crippen molar-refractivity contribution in [3.05, 3.63) is 10.5 Å². The van der Waals surface area contributed by atoms with Gasteiger partial charge in [0.2, 0.25) is 0 Å². The van der Waals surface area contributed by atoms with Crippen LogP contribution in [0.25, 0.3) is 0 Å². The molecule has 1 fully saturated rings. The van der Waals surface area contributed by atoms with E-state index in [-0.39, 0.29) is 42.0 Å². The van der Waals surface area contributed by atoms with Crippen LogP contribution in [0.2, 0.25) is 0 Å². The van der Waals surface area contributed by atoms with E-state index in [1.807, 2.05) is 20.8 Å². The van der Waals surface area contributed by atoms with Crippen LogP contribution in [0.3, 0.4) is 0 Å². The lowest BCUT2D eigenvalue weighted by Gasteiger charge is -2.36. The SMILES string of the molecule is C.C=S1CCC(=O)C(C)=C1C1COC(C)C(C)O1. The maximum absolute atomic E-state index is 11.8. The summed E-state index contributed by atoms with van der Waals surface area (Å²) in [5.41, 5.74) is 0.852. The van der Waals surface area contributed by atoms with Crippen LogP contribution in [0.1, 0.15) is 34.6 Å². The number of hydrogen-bond donors (Lipinski definition) is 0. The highest BCUT2D eigenvalue weighted by molar-refractivity contribution is 8.17. The van der Waals surface area contributed by atoms with Crippen LogP contribution in [0, 0.1) is 0 Å². The molecule has 2 aliphatic rings. The Morgan fingerprint density at radius 2 is 2.00 bits per heavy atom. The van der Waals surface area contributed by atoms with Crippen LogP contribution < -0.4 is 0 Å². The fraction of sp³-hybridized carbons (Fsp3) is 0.714. The minimum Gasteiger partial charge on any atom is -0.373 e. The Kier molecular flexibility index (Phi) is 5.32. The largest absolute Gasteiger partial charge is 0.373 e. The smallest absolute Gasteiger partial charge is 0.160 e. The fourth-order valence-corrected chi connectivity index (χ4v) is 3.91. The quantitative estimate of drug-likeness (QED) is 0.689. The first kappa shape index (κ1) is 15.6. The molecule has 3 nitrogen and oxygen atoms in total. The number of ketones is 1. The number of carbonyl (C=O) groups is 1. The van der Waals surface area contributed by atoms with Crippen LogP contribution >= 0.6 is 10.5 Å². The van der Waals surface area contributed by atoms with Gasteiger partial charge in [0.25, 0.3) is 0 Å². The Balaban J connectivity index is 0.00000162. The number of ether oxygens (including phenoxy) is 2. The molecule has 0 saturated carbocycles. The summed E-state index contributed by atoms with van der Waals surface area (Å²) in [4.78, 5) is 12.8. The number of rotatable bonds is 1. The van der Waals surface area contributed by atoms with Gasteiger partial charge in [-0.15, -0.1) is 0 Å². The molecule has 2 aliphatic heterocycles. The molecule has 4 atom stereocenters. The first-order chi connectivity index (χ1) is 8.00. The highest BCUT2D eigenvalue weighted by Crippen LogP contribution is 2.38. The van der Waals surface area contributed by atoms with E-state index in [0.29, 0.717) is 13.0 Å². The van der Waals surface area contributed by atoms with E-state index in [0.717, 1.165) is 16.2 Å². The molecule has 0 aromatic rings. The van der Waals surface area contributed by atoms with Crippen molar-refractivity contribution in [2.45, 2.75) is 52.9 Å². The number of Topliss-reactive ketones (excluding diaryl/α,β-unsaturated/α-hetero) is 1. The van der Waals surface area contributed by atoms with Gasteiger partial charge in [0.15, 0.2) is 5.78 Å². The third kappa shape index (κ3) is 2.92. The Bertz CT molecular complexity index is 387. The number of hydrogen-bond acceptors (Lipinski definition) is 3. The molecule has 0 aliphatic carbocycles. The summed E-state index contributed by atoms with van der Waals surface area (Å²) in [5.74, 6) is 5.26. The lowest BCUT2D eigenvalue weighted by atomic mass is 10.1. The van der Waals surface area contributed by atoms with Crippen LogP contribution in [-0.2, 0) is 14.3 Å². The van der Waals surface area contributed by atoms with E-state index in [2.05, 4.69) is 5.87 Å². The lowest BCUT2D eigenvalue weighted by molar-refractivity contribution is -0.153. The highest BCUT2D eigenvalue weighted by Gasteiger charge is 2.32. The molecule has 0 amide bonds. The first-order valence-corrected chi connectivity index (χ1v) is 7.58. The second-order valence-corrected chi connectivity index (χ2v) is 6.56. The van der Waals surface area contributed by atoms with Crippen molar-refractivity contribution >= 4 is 22.1 Å². The molecule has 4 unspecified atom stereocenters. The molecule has 0 N–H and O–H groups in total. The minimum atomic E-state index is -0.0987. The molecule has 4 heteroatoms. The lowest BCUT2D eigenvalue weighted by Crippen LogP contribution is -2.41. The summed E-state index contributed by atoms with van der Waals surface area (Å²) >= 11 is 0. The summed E-state index contributed by atoms with van der Waals surface area (Å²) in [6.07, 6.45) is 0.744. The van der Waals surface area contributed by atoms with E-state index in [1.54, 1.807) is 0 Å². The molecule has 0 aromatic carbocycles. The monoisotopic (exact) mass is 272 g/mol. The van der Waals surface area contributed by atoms with E-state index < -0.39 is 0 Å². The van der Waals surface area contributed by atoms with Crippen molar-refractivity contribution < 1.29 is 14.3 Å². The van der Waals surface area contributed by atoms with Gasteiger partial charge < -0.3 is 9.47 Å². The van der Waals surface area contributed by atoms with Crippen molar-refractivity contribution in [3.8, 4) is 0 Å². The Hall–Kier alpha value is -0.450.